The van der Waals surface area contributed by atoms with Crippen molar-refractivity contribution in [2.45, 2.75) is 23.6 Å². The molecule has 0 radical (unpaired) electrons. The summed E-state index contributed by atoms with van der Waals surface area (Å²) < 4.78 is 25.7. The summed E-state index contributed by atoms with van der Waals surface area (Å²) in [5.74, 6) is -1.36. The molecule has 1 unspecified atom stereocenters. The molecule has 0 amide bonds. The summed E-state index contributed by atoms with van der Waals surface area (Å²) in [7, 11) is -3.89. The van der Waals surface area contributed by atoms with E-state index in [9.17, 15) is 13.2 Å². The molecule has 2 N–H and O–H groups in total. The minimum absolute atomic E-state index is 0.00428. The van der Waals surface area contributed by atoms with Gasteiger partial charge in [-0.3, -0.25) is 0 Å². The maximum absolute atomic E-state index is 11.8. The molecule has 1 atom stereocenters. The number of thiol groups is 1. The Bertz CT molecular complexity index is 520. The van der Waals surface area contributed by atoms with Gasteiger partial charge in [0, 0.05) is 0 Å². The van der Waals surface area contributed by atoms with E-state index < -0.39 is 20.9 Å². The van der Waals surface area contributed by atoms with E-state index in [-0.39, 0.29) is 4.90 Å². The highest BCUT2D eigenvalue weighted by Crippen LogP contribution is 2.16. The summed E-state index contributed by atoms with van der Waals surface area (Å²) in [4.78, 5) is 8.94. The van der Waals surface area contributed by atoms with E-state index in [1.54, 1.807) is 12.1 Å². The molecule has 0 fully saturated rings. The summed E-state index contributed by atoms with van der Waals surface area (Å²) in [5, 5.41) is 8.79. The zero-order valence-corrected chi connectivity index (χ0v) is 11.0. The molecule has 0 saturated heterocycles. The highest BCUT2D eigenvalue weighted by Gasteiger charge is 2.34. The fourth-order valence-corrected chi connectivity index (χ4v) is 2.66. The van der Waals surface area contributed by atoms with Crippen molar-refractivity contribution in [3.05, 3.63) is 29.8 Å². The van der Waals surface area contributed by atoms with Crippen molar-refractivity contribution in [1.29, 1.82) is 0 Å². The lowest BCUT2D eigenvalue weighted by atomic mass is 10.2. The van der Waals surface area contributed by atoms with E-state index in [0.29, 0.717) is 0 Å². The van der Waals surface area contributed by atoms with Gasteiger partial charge in [0.25, 0.3) is 0 Å². The molecule has 94 valence electrons. The number of aryl methyl sites for hydroxylation is 1. The molecular weight excluding hydrogens is 262 g/mol. The lowest BCUT2D eigenvalue weighted by Gasteiger charge is -2.19. The van der Waals surface area contributed by atoms with Crippen molar-refractivity contribution >= 4 is 28.6 Å². The number of hydrogen-bond acceptors (Lipinski definition) is 4. The first-order chi connectivity index (χ1) is 7.65. The first-order valence-electron chi connectivity index (χ1n) is 4.71. The Morgan fingerprint density at radius 2 is 1.82 bits per heavy atom. The third-order valence-corrected chi connectivity index (χ3v) is 4.10. The molecule has 0 aliphatic rings. The Hall–Kier alpha value is -1.05. The Labute approximate surface area is 105 Å². The molecule has 0 saturated carbocycles. The average Bonchev–Trinajstić information content (AvgIpc) is 2.16. The third kappa shape index (κ3) is 3.45. The molecule has 0 heterocycles. The highest BCUT2D eigenvalue weighted by atomic mass is 32.2. The molecule has 0 aliphatic carbocycles. The van der Waals surface area contributed by atoms with Crippen molar-refractivity contribution in [1.82, 2.24) is 4.72 Å². The first-order valence-corrected chi connectivity index (χ1v) is 6.64. The summed E-state index contributed by atoms with van der Waals surface area (Å²) in [6.45, 7) is 2.98. The van der Waals surface area contributed by atoms with Gasteiger partial charge in [-0.1, -0.05) is 17.7 Å². The summed E-state index contributed by atoms with van der Waals surface area (Å²) >= 11 is 3.76. The molecule has 0 spiro atoms. The van der Waals surface area contributed by atoms with Crippen LogP contribution >= 0.6 is 12.6 Å². The van der Waals surface area contributed by atoms with Crippen molar-refractivity contribution in [3.8, 4) is 0 Å². The number of benzene rings is 1. The van der Waals surface area contributed by atoms with Gasteiger partial charge in [-0.15, -0.1) is 12.6 Å². The van der Waals surface area contributed by atoms with E-state index in [0.717, 1.165) is 12.5 Å². The van der Waals surface area contributed by atoms with Gasteiger partial charge < -0.3 is 5.11 Å². The standard InChI is InChI=1S/C10H13NO4S2/c1-7-3-5-8(6-4-7)17(14,15)11-10(2,16)9(12)13/h3-6,11,16H,1-2H3,(H,12,13). The quantitative estimate of drug-likeness (QED) is 0.565. The van der Waals surface area contributed by atoms with Crippen LogP contribution in [0, 0.1) is 6.92 Å². The van der Waals surface area contributed by atoms with Crippen molar-refractivity contribution in [3.63, 3.8) is 0 Å². The van der Waals surface area contributed by atoms with Gasteiger partial charge in [-0.25, -0.2) is 13.2 Å². The maximum atomic E-state index is 11.8. The number of nitrogens with one attached hydrogen (secondary N) is 1. The number of carboxylic acid groups (broad SMARTS) is 1. The Balaban J connectivity index is 3.05. The van der Waals surface area contributed by atoms with E-state index >= 15 is 0 Å². The molecule has 1 aromatic carbocycles. The second-order valence-corrected chi connectivity index (χ2v) is 6.37. The Kier molecular flexibility index (Phi) is 3.85. The van der Waals surface area contributed by atoms with Crippen LogP contribution in [0.4, 0.5) is 0 Å². The predicted octanol–water partition coefficient (Wildman–Crippen LogP) is 1.00. The van der Waals surface area contributed by atoms with E-state index in [1.165, 1.54) is 12.1 Å². The van der Waals surface area contributed by atoms with Gasteiger partial charge in [0.1, 0.15) is 0 Å². The molecule has 17 heavy (non-hydrogen) atoms. The van der Waals surface area contributed by atoms with Crippen LogP contribution in [0.3, 0.4) is 0 Å². The van der Waals surface area contributed by atoms with Crippen molar-refractivity contribution in [2.75, 3.05) is 0 Å². The van der Waals surface area contributed by atoms with Gasteiger partial charge in [-0.2, -0.15) is 4.72 Å². The van der Waals surface area contributed by atoms with Gasteiger partial charge in [0.15, 0.2) is 4.87 Å². The van der Waals surface area contributed by atoms with Crippen LogP contribution in [0.2, 0.25) is 0 Å². The van der Waals surface area contributed by atoms with Crippen LogP contribution in [-0.2, 0) is 14.8 Å². The minimum atomic E-state index is -3.89. The third-order valence-electron chi connectivity index (χ3n) is 2.08. The lowest BCUT2D eigenvalue weighted by molar-refractivity contribution is -0.139. The summed E-state index contributed by atoms with van der Waals surface area (Å²) in [5.41, 5.74) is 0.913. The smallest absolute Gasteiger partial charge is 0.334 e. The SMILES string of the molecule is Cc1ccc(S(=O)(=O)NC(C)(S)C(=O)O)cc1. The van der Waals surface area contributed by atoms with Crippen LogP contribution in [0.5, 0.6) is 0 Å². The molecular formula is C10H13NO4S2. The number of carboxylic acids is 1. The van der Waals surface area contributed by atoms with Crippen LogP contribution in [-0.4, -0.2) is 24.4 Å². The number of rotatable bonds is 4. The Morgan fingerprint density at radius 1 is 1.35 bits per heavy atom. The first kappa shape index (κ1) is 14.0. The zero-order valence-electron chi connectivity index (χ0n) is 9.34. The zero-order chi connectivity index (χ0) is 13.3. The molecule has 1 rings (SSSR count). The van der Waals surface area contributed by atoms with Crippen LogP contribution in [0.1, 0.15) is 12.5 Å². The van der Waals surface area contributed by atoms with Crippen LogP contribution in [0.15, 0.2) is 29.2 Å². The number of sulfonamides is 1. The second kappa shape index (κ2) is 4.67. The fraction of sp³-hybridized carbons (Fsp3) is 0.300. The lowest BCUT2D eigenvalue weighted by Crippen LogP contribution is -2.47. The number of hydrogen-bond donors (Lipinski definition) is 3. The van der Waals surface area contributed by atoms with E-state index in [4.69, 9.17) is 5.11 Å². The number of aliphatic carboxylic acids is 1. The minimum Gasteiger partial charge on any atom is -0.479 e. The molecule has 5 nitrogen and oxygen atoms in total. The Morgan fingerprint density at radius 3 is 2.24 bits per heavy atom. The monoisotopic (exact) mass is 275 g/mol. The van der Waals surface area contributed by atoms with Gasteiger partial charge in [0.2, 0.25) is 10.0 Å². The van der Waals surface area contributed by atoms with E-state index in [1.807, 2.05) is 11.6 Å². The molecule has 0 bridgehead atoms. The average molecular weight is 275 g/mol. The highest BCUT2D eigenvalue weighted by molar-refractivity contribution is 7.91. The topological polar surface area (TPSA) is 83.5 Å². The van der Waals surface area contributed by atoms with Gasteiger partial charge in [-0.05, 0) is 26.0 Å². The molecule has 0 aromatic heterocycles. The molecule has 1 aromatic rings. The van der Waals surface area contributed by atoms with Gasteiger partial charge in [0.05, 0.1) is 4.90 Å². The predicted molar refractivity (Wildman–Crippen MR) is 66.5 cm³/mol. The van der Waals surface area contributed by atoms with Crippen molar-refractivity contribution < 1.29 is 18.3 Å². The maximum Gasteiger partial charge on any atom is 0.334 e. The van der Waals surface area contributed by atoms with Crippen LogP contribution in [0.25, 0.3) is 0 Å². The van der Waals surface area contributed by atoms with Crippen molar-refractivity contribution in [2.24, 2.45) is 0 Å². The second-order valence-electron chi connectivity index (χ2n) is 3.80. The normalized spacial score (nSPS) is 15.2. The summed E-state index contributed by atoms with van der Waals surface area (Å²) in [6, 6.07) is 6.07. The largest absolute Gasteiger partial charge is 0.479 e. The molecule has 0 aliphatic heterocycles. The molecule has 7 heteroatoms. The van der Waals surface area contributed by atoms with Gasteiger partial charge >= 0.3 is 5.97 Å². The fourth-order valence-electron chi connectivity index (χ4n) is 1.08. The summed E-state index contributed by atoms with van der Waals surface area (Å²) in [6.07, 6.45) is 0. The number of carbonyl (C=O) groups is 1. The van der Waals surface area contributed by atoms with E-state index in [2.05, 4.69) is 12.6 Å². The van der Waals surface area contributed by atoms with Crippen LogP contribution < -0.4 is 4.72 Å².